The molecular weight excluding hydrogens is 284 g/mol. The van der Waals surface area contributed by atoms with E-state index in [0.717, 1.165) is 13.0 Å². The van der Waals surface area contributed by atoms with Gasteiger partial charge in [0.15, 0.2) is 0 Å². The molecule has 19 heavy (non-hydrogen) atoms. The standard InChI is InChI=1S/C11H15ClN6S/c1-8(19-2)4-6-13-10-15-9(12)16-11(17-10)18-7-3-5-14-18/h3,5,7-8H,4,6H2,1-2H3,(H,13,15,16,17). The minimum absolute atomic E-state index is 0.154. The average molecular weight is 299 g/mol. The molecule has 0 aromatic carbocycles. The van der Waals surface area contributed by atoms with E-state index in [2.05, 4.69) is 38.5 Å². The Morgan fingerprint density at radius 2 is 2.26 bits per heavy atom. The number of halogens is 1. The van der Waals surface area contributed by atoms with E-state index < -0.39 is 0 Å². The number of hydrogen-bond acceptors (Lipinski definition) is 6. The van der Waals surface area contributed by atoms with Gasteiger partial charge in [0.25, 0.3) is 5.95 Å². The van der Waals surface area contributed by atoms with Gasteiger partial charge in [-0.25, -0.2) is 4.68 Å². The second-order valence-electron chi connectivity index (χ2n) is 3.94. The molecule has 0 radical (unpaired) electrons. The van der Waals surface area contributed by atoms with E-state index in [-0.39, 0.29) is 5.28 Å². The van der Waals surface area contributed by atoms with E-state index in [1.54, 1.807) is 23.1 Å². The van der Waals surface area contributed by atoms with Crippen LogP contribution in [0.2, 0.25) is 5.28 Å². The fourth-order valence-corrected chi connectivity index (χ4v) is 1.92. The van der Waals surface area contributed by atoms with E-state index in [0.29, 0.717) is 17.1 Å². The molecule has 8 heteroatoms. The summed E-state index contributed by atoms with van der Waals surface area (Å²) in [5, 5.41) is 7.96. The topological polar surface area (TPSA) is 68.5 Å². The van der Waals surface area contributed by atoms with Gasteiger partial charge in [-0.2, -0.15) is 31.8 Å². The van der Waals surface area contributed by atoms with Crippen LogP contribution in [-0.4, -0.2) is 42.8 Å². The molecule has 0 saturated carbocycles. The quantitative estimate of drug-likeness (QED) is 0.882. The summed E-state index contributed by atoms with van der Waals surface area (Å²) in [4.78, 5) is 12.4. The van der Waals surface area contributed by atoms with Crippen molar-refractivity contribution in [3.8, 4) is 5.95 Å². The van der Waals surface area contributed by atoms with Gasteiger partial charge in [-0.15, -0.1) is 0 Å². The summed E-state index contributed by atoms with van der Waals surface area (Å²) in [5.41, 5.74) is 0. The van der Waals surface area contributed by atoms with Crippen molar-refractivity contribution >= 4 is 29.3 Å². The lowest BCUT2D eigenvalue weighted by atomic mass is 10.3. The summed E-state index contributed by atoms with van der Waals surface area (Å²) in [7, 11) is 0. The number of nitrogens with zero attached hydrogens (tertiary/aromatic N) is 5. The molecule has 0 bridgehead atoms. The number of nitrogens with one attached hydrogen (secondary N) is 1. The highest BCUT2D eigenvalue weighted by molar-refractivity contribution is 7.99. The molecule has 0 fully saturated rings. The Balaban J connectivity index is 2.05. The molecule has 6 nitrogen and oxygen atoms in total. The summed E-state index contributed by atoms with van der Waals surface area (Å²) >= 11 is 7.72. The highest BCUT2D eigenvalue weighted by Gasteiger charge is 2.07. The summed E-state index contributed by atoms with van der Waals surface area (Å²) in [6.45, 7) is 2.97. The van der Waals surface area contributed by atoms with Crippen LogP contribution in [0, 0.1) is 0 Å². The third-order valence-corrected chi connectivity index (χ3v) is 3.75. The van der Waals surface area contributed by atoms with Crippen molar-refractivity contribution in [2.24, 2.45) is 0 Å². The summed E-state index contributed by atoms with van der Waals surface area (Å²) in [6, 6.07) is 1.80. The van der Waals surface area contributed by atoms with Crippen LogP contribution >= 0.6 is 23.4 Å². The van der Waals surface area contributed by atoms with Crippen LogP contribution in [0.15, 0.2) is 18.5 Å². The molecule has 102 valence electrons. The largest absolute Gasteiger partial charge is 0.354 e. The van der Waals surface area contributed by atoms with Crippen LogP contribution in [0.25, 0.3) is 5.95 Å². The van der Waals surface area contributed by atoms with Crippen molar-refractivity contribution in [1.29, 1.82) is 0 Å². The Bertz CT molecular complexity index is 518. The Morgan fingerprint density at radius 1 is 1.42 bits per heavy atom. The first-order valence-corrected chi connectivity index (χ1v) is 7.54. The number of thioether (sulfide) groups is 1. The summed E-state index contributed by atoms with van der Waals surface area (Å²) in [5.74, 6) is 0.879. The van der Waals surface area contributed by atoms with Gasteiger partial charge in [-0.1, -0.05) is 6.92 Å². The SMILES string of the molecule is CSC(C)CCNc1nc(Cl)nc(-n2cccn2)n1. The first-order valence-electron chi connectivity index (χ1n) is 5.87. The lowest BCUT2D eigenvalue weighted by molar-refractivity contribution is 0.788. The monoisotopic (exact) mass is 298 g/mol. The van der Waals surface area contributed by atoms with Gasteiger partial charge in [-0.05, 0) is 30.3 Å². The average Bonchev–Trinajstić information content (AvgIpc) is 2.91. The van der Waals surface area contributed by atoms with Crippen LogP contribution in [0.4, 0.5) is 5.95 Å². The van der Waals surface area contributed by atoms with Gasteiger partial charge >= 0.3 is 0 Å². The number of aromatic nitrogens is 5. The zero-order valence-corrected chi connectivity index (χ0v) is 12.3. The van der Waals surface area contributed by atoms with Gasteiger partial charge in [0.05, 0.1) is 0 Å². The zero-order valence-electron chi connectivity index (χ0n) is 10.7. The van der Waals surface area contributed by atoms with E-state index in [9.17, 15) is 0 Å². The van der Waals surface area contributed by atoms with Gasteiger partial charge in [0, 0.05) is 24.2 Å². The minimum atomic E-state index is 0.154. The predicted molar refractivity (Wildman–Crippen MR) is 78.0 cm³/mol. The minimum Gasteiger partial charge on any atom is -0.354 e. The van der Waals surface area contributed by atoms with Crippen LogP contribution < -0.4 is 5.32 Å². The molecule has 2 aromatic rings. The Hall–Kier alpha value is -1.34. The molecule has 1 N–H and O–H groups in total. The smallest absolute Gasteiger partial charge is 0.256 e. The molecule has 2 rings (SSSR count). The van der Waals surface area contributed by atoms with Crippen LogP contribution in [0.3, 0.4) is 0 Å². The lowest BCUT2D eigenvalue weighted by Gasteiger charge is -2.09. The highest BCUT2D eigenvalue weighted by Crippen LogP contribution is 2.11. The normalized spacial score (nSPS) is 12.4. The molecule has 2 heterocycles. The van der Waals surface area contributed by atoms with Crippen molar-refractivity contribution in [2.45, 2.75) is 18.6 Å². The van der Waals surface area contributed by atoms with Gasteiger partial charge in [0.2, 0.25) is 11.2 Å². The molecule has 0 aliphatic heterocycles. The molecule has 0 amide bonds. The molecule has 0 aliphatic rings. The van der Waals surface area contributed by atoms with Gasteiger partial charge in [-0.3, -0.25) is 0 Å². The van der Waals surface area contributed by atoms with Crippen LogP contribution in [0.5, 0.6) is 0 Å². The van der Waals surface area contributed by atoms with Gasteiger partial charge < -0.3 is 5.32 Å². The Morgan fingerprint density at radius 3 is 2.95 bits per heavy atom. The second kappa shape index (κ2) is 6.72. The molecular formula is C11H15ClN6S. The third kappa shape index (κ3) is 4.07. The first kappa shape index (κ1) is 14.1. The zero-order chi connectivity index (χ0) is 13.7. The maximum absolute atomic E-state index is 5.89. The van der Waals surface area contributed by atoms with Crippen molar-refractivity contribution in [3.63, 3.8) is 0 Å². The van der Waals surface area contributed by atoms with E-state index >= 15 is 0 Å². The van der Waals surface area contributed by atoms with E-state index in [4.69, 9.17) is 11.6 Å². The first-order chi connectivity index (χ1) is 9.19. The number of anilines is 1. The summed E-state index contributed by atoms with van der Waals surface area (Å²) in [6.07, 6.45) is 6.54. The predicted octanol–water partition coefficient (Wildman–Crippen LogP) is 2.26. The Labute approximate surface area is 121 Å². The third-order valence-electron chi connectivity index (χ3n) is 2.54. The maximum atomic E-state index is 5.89. The molecule has 1 atom stereocenters. The van der Waals surface area contributed by atoms with E-state index in [1.165, 1.54) is 0 Å². The van der Waals surface area contributed by atoms with E-state index in [1.807, 2.05) is 11.8 Å². The molecule has 0 aliphatic carbocycles. The fourth-order valence-electron chi connectivity index (χ4n) is 1.41. The van der Waals surface area contributed by atoms with Crippen molar-refractivity contribution in [2.75, 3.05) is 18.1 Å². The van der Waals surface area contributed by atoms with Crippen molar-refractivity contribution in [1.82, 2.24) is 24.7 Å². The lowest BCUT2D eigenvalue weighted by Crippen LogP contribution is -2.12. The second-order valence-corrected chi connectivity index (χ2v) is 5.55. The molecule has 0 spiro atoms. The van der Waals surface area contributed by atoms with Gasteiger partial charge in [0.1, 0.15) is 0 Å². The van der Waals surface area contributed by atoms with Crippen LogP contribution in [-0.2, 0) is 0 Å². The number of rotatable bonds is 6. The van der Waals surface area contributed by atoms with Crippen molar-refractivity contribution < 1.29 is 0 Å². The Kier molecular flexibility index (Phi) is 4.98. The number of hydrogen-bond donors (Lipinski definition) is 1. The maximum Gasteiger partial charge on any atom is 0.256 e. The molecule has 2 aromatic heterocycles. The summed E-state index contributed by atoms with van der Waals surface area (Å²) < 4.78 is 1.54. The highest BCUT2D eigenvalue weighted by atomic mass is 35.5. The molecule has 0 saturated heterocycles. The molecule has 1 unspecified atom stereocenters. The van der Waals surface area contributed by atoms with Crippen molar-refractivity contribution in [3.05, 3.63) is 23.7 Å². The fraction of sp³-hybridized carbons (Fsp3) is 0.455. The van der Waals surface area contributed by atoms with Crippen LogP contribution in [0.1, 0.15) is 13.3 Å².